The van der Waals surface area contributed by atoms with Crippen LogP contribution in [0.5, 0.6) is 5.75 Å². The van der Waals surface area contributed by atoms with E-state index in [0.717, 1.165) is 22.6 Å². The maximum Gasteiger partial charge on any atom is 0.286 e. The van der Waals surface area contributed by atoms with E-state index in [1.165, 1.54) is 24.3 Å². The summed E-state index contributed by atoms with van der Waals surface area (Å²) in [7, 11) is 1.58. The average molecular weight is 400 g/mol. The van der Waals surface area contributed by atoms with Crippen molar-refractivity contribution in [3.8, 4) is 5.75 Å². The van der Waals surface area contributed by atoms with Crippen LogP contribution in [-0.4, -0.2) is 29.1 Å². The van der Waals surface area contributed by atoms with Crippen molar-refractivity contribution in [2.45, 2.75) is 13.0 Å². The van der Waals surface area contributed by atoms with Gasteiger partial charge >= 0.3 is 0 Å². The highest BCUT2D eigenvalue weighted by Gasteiger charge is 2.14. The Morgan fingerprint density at radius 1 is 1.07 bits per heavy atom. The maximum atomic E-state index is 12.9. The molecule has 0 aliphatic heterocycles. The molecule has 0 saturated heterocycles. The molecule has 0 saturated carbocycles. The fraction of sp³-hybridized carbons (Fsp3) is 0.158. The Hall–Kier alpha value is -3.33. The quantitative estimate of drug-likeness (QED) is 0.636. The standard InChI is InChI=1S/C19H17FN4O3S/c1-27-15-8-2-12(3-9-15)10-16(25)21-11-17-23-24-19(28-17)18(26)22-14-6-4-13(20)5-7-14/h2-9H,10-11H2,1H3,(H,21,25)(H,22,26). The summed E-state index contributed by atoms with van der Waals surface area (Å²) in [6.07, 6.45) is 0.223. The summed E-state index contributed by atoms with van der Waals surface area (Å²) in [6.45, 7) is 0.177. The fourth-order valence-corrected chi connectivity index (χ4v) is 2.97. The molecule has 0 spiro atoms. The van der Waals surface area contributed by atoms with Gasteiger partial charge in [-0.1, -0.05) is 23.5 Å². The lowest BCUT2D eigenvalue weighted by Gasteiger charge is -2.04. The minimum absolute atomic E-state index is 0.156. The lowest BCUT2D eigenvalue weighted by atomic mass is 10.1. The SMILES string of the molecule is COc1ccc(CC(=O)NCc2nnc(C(=O)Nc3ccc(F)cc3)s2)cc1. The minimum Gasteiger partial charge on any atom is -0.497 e. The zero-order valence-electron chi connectivity index (χ0n) is 14.9. The molecule has 9 heteroatoms. The predicted octanol–water partition coefficient (Wildman–Crippen LogP) is 2.80. The second kappa shape index (κ2) is 9.05. The van der Waals surface area contributed by atoms with E-state index in [1.54, 1.807) is 19.2 Å². The molecule has 7 nitrogen and oxygen atoms in total. The molecule has 0 aliphatic carbocycles. The maximum absolute atomic E-state index is 12.9. The van der Waals surface area contributed by atoms with E-state index in [-0.39, 0.29) is 29.7 Å². The van der Waals surface area contributed by atoms with Gasteiger partial charge in [0.05, 0.1) is 20.1 Å². The van der Waals surface area contributed by atoms with E-state index in [9.17, 15) is 14.0 Å². The number of amides is 2. The number of nitrogens with one attached hydrogen (secondary N) is 2. The molecule has 3 rings (SSSR count). The number of hydrogen-bond donors (Lipinski definition) is 2. The van der Waals surface area contributed by atoms with Crippen molar-refractivity contribution in [1.82, 2.24) is 15.5 Å². The van der Waals surface area contributed by atoms with Crippen molar-refractivity contribution in [2.75, 3.05) is 12.4 Å². The molecule has 144 valence electrons. The Kier molecular flexibility index (Phi) is 6.28. The van der Waals surface area contributed by atoms with Gasteiger partial charge in [-0.25, -0.2) is 4.39 Å². The van der Waals surface area contributed by atoms with Crippen LogP contribution in [0.2, 0.25) is 0 Å². The van der Waals surface area contributed by atoms with Crippen LogP contribution in [0.15, 0.2) is 48.5 Å². The third-order valence-electron chi connectivity index (χ3n) is 3.72. The van der Waals surface area contributed by atoms with E-state index in [0.29, 0.717) is 10.7 Å². The summed E-state index contributed by atoms with van der Waals surface area (Å²) < 4.78 is 18.0. The van der Waals surface area contributed by atoms with E-state index >= 15 is 0 Å². The van der Waals surface area contributed by atoms with Gasteiger partial charge in [-0.05, 0) is 42.0 Å². The molecule has 3 aromatic rings. The number of carbonyl (C=O) groups excluding carboxylic acids is 2. The number of anilines is 1. The van der Waals surface area contributed by atoms with Crippen molar-refractivity contribution < 1.29 is 18.7 Å². The molecular weight excluding hydrogens is 383 g/mol. The van der Waals surface area contributed by atoms with Crippen LogP contribution in [0.4, 0.5) is 10.1 Å². The van der Waals surface area contributed by atoms with Gasteiger partial charge in [0.15, 0.2) is 0 Å². The van der Waals surface area contributed by atoms with Gasteiger partial charge < -0.3 is 15.4 Å². The van der Waals surface area contributed by atoms with Gasteiger partial charge in [0.25, 0.3) is 5.91 Å². The van der Waals surface area contributed by atoms with Crippen molar-refractivity contribution >= 4 is 28.8 Å². The van der Waals surface area contributed by atoms with Crippen molar-refractivity contribution in [2.24, 2.45) is 0 Å². The highest BCUT2D eigenvalue weighted by Crippen LogP contribution is 2.14. The first-order valence-corrected chi connectivity index (χ1v) is 9.14. The third kappa shape index (κ3) is 5.34. The van der Waals surface area contributed by atoms with Crippen molar-refractivity contribution in [3.63, 3.8) is 0 Å². The Morgan fingerprint density at radius 3 is 2.46 bits per heavy atom. The molecule has 0 atom stereocenters. The molecule has 2 amide bonds. The highest BCUT2D eigenvalue weighted by molar-refractivity contribution is 7.13. The molecule has 0 bridgehead atoms. The molecule has 0 fully saturated rings. The summed E-state index contributed by atoms with van der Waals surface area (Å²) in [5, 5.41) is 13.8. The molecule has 28 heavy (non-hydrogen) atoms. The second-order valence-electron chi connectivity index (χ2n) is 5.76. The molecule has 2 N–H and O–H groups in total. The van der Waals surface area contributed by atoms with Crippen LogP contribution in [0, 0.1) is 5.82 Å². The smallest absolute Gasteiger partial charge is 0.286 e. The first-order chi connectivity index (χ1) is 13.5. The van der Waals surface area contributed by atoms with E-state index in [2.05, 4.69) is 20.8 Å². The molecule has 2 aromatic carbocycles. The van der Waals surface area contributed by atoms with Gasteiger partial charge in [-0.3, -0.25) is 9.59 Å². The van der Waals surface area contributed by atoms with Crippen LogP contribution in [0.3, 0.4) is 0 Å². The largest absolute Gasteiger partial charge is 0.497 e. The summed E-state index contributed by atoms with van der Waals surface area (Å²) in [5.41, 5.74) is 1.31. The number of carbonyl (C=O) groups is 2. The Balaban J connectivity index is 1.50. The number of aromatic nitrogens is 2. The predicted molar refractivity (Wildman–Crippen MR) is 103 cm³/mol. The number of nitrogens with zero attached hydrogens (tertiary/aromatic N) is 2. The minimum atomic E-state index is -0.445. The number of rotatable bonds is 7. The fourth-order valence-electron chi connectivity index (χ4n) is 2.30. The number of ether oxygens (including phenoxy) is 1. The van der Waals surface area contributed by atoms with Gasteiger partial charge in [0.1, 0.15) is 16.6 Å². The van der Waals surface area contributed by atoms with Gasteiger partial charge in [-0.15, -0.1) is 10.2 Å². The van der Waals surface area contributed by atoms with Crippen LogP contribution < -0.4 is 15.4 Å². The monoisotopic (exact) mass is 400 g/mol. The second-order valence-corrected chi connectivity index (χ2v) is 6.83. The topological polar surface area (TPSA) is 93.2 Å². The number of hydrogen-bond acceptors (Lipinski definition) is 6. The lowest BCUT2D eigenvalue weighted by molar-refractivity contribution is -0.120. The molecule has 0 radical (unpaired) electrons. The number of halogens is 1. The van der Waals surface area contributed by atoms with Gasteiger partial charge in [0.2, 0.25) is 10.9 Å². The molecule has 1 heterocycles. The van der Waals surface area contributed by atoms with Crippen molar-refractivity contribution in [3.05, 3.63) is 69.9 Å². The molecule has 1 aromatic heterocycles. The summed E-state index contributed by atoms with van der Waals surface area (Å²) in [6, 6.07) is 12.6. The first-order valence-electron chi connectivity index (χ1n) is 8.32. The Bertz CT molecular complexity index is 958. The highest BCUT2D eigenvalue weighted by atomic mass is 32.1. The Morgan fingerprint density at radius 2 is 1.79 bits per heavy atom. The normalized spacial score (nSPS) is 10.4. The summed E-state index contributed by atoms with van der Waals surface area (Å²) >= 11 is 1.08. The number of benzene rings is 2. The number of methoxy groups -OCH3 is 1. The average Bonchev–Trinajstić information content (AvgIpc) is 3.18. The van der Waals surface area contributed by atoms with E-state index in [1.807, 2.05) is 12.1 Å². The zero-order valence-corrected chi connectivity index (χ0v) is 15.8. The lowest BCUT2D eigenvalue weighted by Crippen LogP contribution is -2.24. The van der Waals surface area contributed by atoms with Crippen LogP contribution in [0.1, 0.15) is 20.4 Å². The Labute approximate surface area is 164 Å². The molecule has 0 unspecified atom stereocenters. The molecule has 0 aliphatic rings. The summed E-state index contributed by atoms with van der Waals surface area (Å²) in [4.78, 5) is 24.2. The van der Waals surface area contributed by atoms with Crippen molar-refractivity contribution in [1.29, 1.82) is 0 Å². The van der Waals surface area contributed by atoms with Crippen LogP contribution in [-0.2, 0) is 17.8 Å². The van der Waals surface area contributed by atoms with E-state index in [4.69, 9.17) is 4.74 Å². The van der Waals surface area contributed by atoms with Gasteiger partial charge in [0, 0.05) is 5.69 Å². The van der Waals surface area contributed by atoms with E-state index < -0.39 is 5.91 Å². The van der Waals surface area contributed by atoms with Crippen LogP contribution in [0.25, 0.3) is 0 Å². The zero-order chi connectivity index (χ0) is 19.9. The molecular formula is C19H17FN4O3S. The van der Waals surface area contributed by atoms with Gasteiger partial charge in [-0.2, -0.15) is 0 Å². The summed E-state index contributed by atoms with van der Waals surface area (Å²) in [5.74, 6) is -0.274. The van der Waals surface area contributed by atoms with Crippen LogP contribution >= 0.6 is 11.3 Å². The first kappa shape index (κ1) is 19.4. The third-order valence-corrected chi connectivity index (χ3v) is 4.65.